The van der Waals surface area contributed by atoms with E-state index in [1.54, 1.807) is 0 Å². The van der Waals surface area contributed by atoms with Gasteiger partial charge < -0.3 is 5.11 Å². The van der Waals surface area contributed by atoms with Gasteiger partial charge in [0, 0.05) is 12.0 Å². The molecule has 2 heteroatoms. The minimum Gasteiger partial charge on any atom is -0.388 e. The van der Waals surface area contributed by atoms with Crippen molar-refractivity contribution in [3.8, 4) is 0 Å². The minimum atomic E-state index is -0.484. The summed E-state index contributed by atoms with van der Waals surface area (Å²) in [5, 5.41) is 9.38. The number of hydrogen-bond donors (Lipinski definition) is 1. The predicted octanol–water partition coefficient (Wildman–Crippen LogP) is 0.967. The predicted molar refractivity (Wildman–Crippen MR) is 41.0 cm³/mol. The van der Waals surface area contributed by atoms with Gasteiger partial charge in [0.15, 0.2) is 5.78 Å². The van der Waals surface area contributed by atoms with E-state index < -0.39 is 6.10 Å². The standard InChI is InChI=1S/C9H10O2/c10-8-5-9(11)7-4-2-1-3-6(7)8/h1,3,9,11H,2,4-5H2. The Balaban J connectivity index is 2.41. The molecule has 1 N–H and O–H groups in total. The molecule has 2 aliphatic rings. The molecule has 0 saturated carbocycles. The molecular formula is C9H10O2. The fourth-order valence-electron chi connectivity index (χ4n) is 1.71. The first-order valence-corrected chi connectivity index (χ1v) is 3.90. The maximum atomic E-state index is 11.1. The van der Waals surface area contributed by atoms with Crippen molar-refractivity contribution in [3.63, 3.8) is 0 Å². The first-order valence-electron chi connectivity index (χ1n) is 3.90. The summed E-state index contributed by atoms with van der Waals surface area (Å²) in [7, 11) is 0. The number of hydrogen-bond acceptors (Lipinski definition) is 2. The Morgan fingerprint density at radius 1 is 1.55 bits per heavy atom. The van der Waals surface area contributed by atoms with Gasteiger partial charge in [-0.3, -0.25) is 4.79 Å². The molecule has 58 valence electrons. The van der Waals surface area contributed by atoms with Gasteiger partial charge in [0.25, 0.3) is 0 Å². The van der Waals surface area contributed by atoms with Gasteiger partial charge in [-0.1, -0.05) is 12.2 Å². The number of ketones is 1. The Bertz CT molecular complexity index is 261. The highest BCUT2D eigenvalue weighted by atomic mass is 16.3. The van der Waals surface area contributed by atoms with E-state index in [-0.39, 0.29) is 5.78 Å². The zero-order valence-corrected chi connectivity index (χ0v) is 6.21. The zero-order chi connectivity index (χ0) is 7.84. The van der Waals surface area contributed by atoms with Gasteiger partial charge in [-0.05, 0) is 18.4 Å². The Hall–Kier alpha value is -0.890. The quantitative estimate of drug-likeness (QED) is 0.558. The molecule has 0 aromatic carbocycles. The van der Waals surface area contributed by atoms with Gasteiger partial charge in [0.1, 0.15) is 0 Å². The molecule has 0 aromatic heterocycles. The van der Waals surface area contributed by atoms with E-state index in [0.29, 0.717) is 6.42 Å². The molecule has 0 heterocycles. The van der Waals surface area contributed by atoms with Gasteiger partial charge in [-0.2, -0.15) is 0 Å². The van der Waals surface area contributed by atoms with Crippen molar-refractivity contribution < 1.29 is 9.90 Å². The third-order valence-electron chi connectivity index (χ3n) is 2.29. The maximum absolute atomic E-state index is 11.1. The van der Waals surface area contributed by atoms with Crippen molar-refractivity contribution in [2.75, 3.05) is 0 Å². The summed E-state index contributed by atoms with van der Waals surface area (Å²) in [6.45, 7) is 0. The average molecular weight is 150 g/mol. The molecule has 2 nitrogen and oxygen atoms in total. The number of aliphatic hydroxyl groups excluding tert-OH is 1. The number of carbonyl (C=O) groups excluding carboxylic acids is 1. The minimum absolute atomic E-state index is 0.100. The second-order valence-corrected chi connectivity index (χ2v) is 3.02. The maximum Gasteiger partial charge on any atom is 0.165 e. The van der Waals surface area contributed by atoms with Crippen LogP contribution in [0.5, 0.6) is 0 Å². The molecule has 11 heavy (non-hydrogen) atoms. The molecule has 0 spiro atoms. The zero-order valence-electron chi connectivity index (χ0n) is 6.21. The Kier molecular flexibility index (Phi) is 1.43. The van der Waals surface area contributed by atoms with E-state index in [2.05, 4.69) is 0 Å². The fourth-order valence-corrected chi connectivity index (χ4v) is 1.71. The lowest BCUT2D eigenvalue weighted by atomic mass is 9.99. The lowest BCUT2D eigenvalue weighted by Gasteiger charge is -2.09. The SMILES string of the molecule is O=C1CC(O)C2=C1C=CCC2. The van der Waals surface area contributed by atoms with Gasteiger partial charge in [-0.25, -0.2) is 0 Å². The smallest absolute Gasteiger partial charge is 0.165 e. The normalized spacial score (nSPS) is 29.5. The van der Waals surface area contributed by atoms with E-state index in [1.165, 1.54) is 0 Å². The van der Waals surface area contributed by atoms with E-state index >= 15 is 0 Å². The number of allylic oxidation sites excluding steroid dienone is 3. The molecule has 2 aliphatic carbocycles. The summed E-state index contributed by atoms with van der Waals surface area (Å²) in [5.41, 5.74) is 1.72. The third-order valence-corrected chi connectivity index (χ3v) is 2.29. The molecule has 0 amide bonds. The molecule has 0 bridgehead atoms. The summed E-state index contributed by atoms with van der Waals surface area (Å²) < 4.78 is 0. The van der Waals surface area contributed by atoms with Crippen LogP contribution in [-0.2, 0) is 4.79 Å². The van der Waals surface area contributed by atoms with Crippen molar-refractivity contribution in [2.24, 2.45) is 0 Å². The van der Waals surface area contributed by atoms with Gasteiger partial charge >= 0.3 is 0 Å². The van der Waals surface area contributed by atoms with Crippen LogP contribution in [0.15, 0.2) is 23.3 Å². The van der Waals surface area contributed by atoms with E-state index in [4.69, 9.17) is 0 Å². The van der Waals surface area contributed by atoms with Crippen LogP contribution in [0.3, 0.4) is 0 Å². The summed E-state index contributed by atoms with van der Waals surface area (Å²) in [4.78, 5) is 11.1. The average Bonchev–Trinajstić information content (AvgIpc) is 2.30. The van der Waals surface area contributed by atoms with Crippen LogP contribution in [0.1, 0.15) is 19.3 Å². The number of aliphatic hydroxyl groups is 1. The lowest BCUT2D eigenvalue weighted by Crippen LogP contribution is -2.06. The van der Waals surface area contributed by atoms with Crippen molar-refractivity contribution in [2.45, 2.75) is 25.4 Å². The Morgan fingerprint density at radius 3 is 3.09 bits per heavy atom. The fraction of sp³-hybridized carbons (Fsp3) is 0.444. The highest BCUT2D eigenvalue weighted by Gasteiger charge is 2.29. The van der Waals surface area contributed by atoms with Crippen LogP contribution >= 0.6 is 0 Å². The molecular weight excluding hydrogens is 140 g/mol. The summed E-state index contributed by atoms with van der Waals surface area (Å²) in [6, 6.07) is 0. The summed E-state index contributed by atoms with van der Waals surface area (Å²) in [6.07, 6.45) is 5.48. The number of rotatable bonds is 0. The second kappa shape index (κ2) is 2.31. The molecule has 0 fully saturated rings. The van der Waals surface area contributed by atoms with Crippen molar-refractivity contribution in [1.29, 1.82) is 0 Å². The molecule has 0 saturated heterocycles. The van der Waals surface area contributed by atoms with Crippen LogP contribution in [0.25, 0.3) is 0 Å². The third kappa shape index (κ3) is 0.942. The first-order chi connectivity index (χ1) is 5.29. The second-order valence-electron chi connectivity index (χ2n) is 3.02. The monoisotopic (exact) mass is 150 g/mol. The highest BCUT2D eigenvalue weighted by molar-refractivity contribution is 6.02. The Labute approximate surface area is 65.2 Å². The molecule has 0 aromatic rings. The Morgan fingerprint density at radius 2 is 2.36 bits per heavy atom. The topological polar surface area (TPSA) is 37.3 Å². The van der Waals surface area contributed by atoms with Crippen molar-refractivity contribution in [3.05, 3.63) is 23.3 Å². The van der Waals surface area contributed by atoms with Crippen LogP contribution in [0.4, 0.5) is 0 Å². The summed E-state index contributed by atoms with van der Waals surface area (Å²) >= 11 is 0. The van der Waals surface area contributed by atoms with Crippen LogP contribution in [0, 0.1) is 0 Å². The molecule has 0 aliphatic heterocycles. The van der Waals surface area contributed by atoms with Crippen molar-refractivity contribution in [1.82, 2.24) is 0 Å². The number of Topliss-reactive ketones (excluding diaryl/α,β-unsaturated/α-hetero) is 1. The molecule has 1 unspecified atom stereocenters. The van der Waals surface area contributed by atoms with Crippen LogP contribution < -0.4 is 0 Å². The largest absolute Gasteiger partial charge is 0.388 e. The lowest BCUT2D eigenvalue weighted by molar-refractivity contribution is -0.115. The highest BCUT2D eigenvalue weighted by Crippen LogP contribution is 2.30. The van der Waals surface area contributed by atoms with E-state index in [0.717, 1.165) is 24.0 Å². The first kappa shape index (κ1) is 6.80. The van der Waals surface area contributed by atoms with Crippen LogP contribution in [0.2, 0.25) is 0 Å². The van der Waals surface area contributed by atoms with Crippen LogP contribution in [-0.4, -0.2) is 17.0 Å². The summed E-state index contributed by atoms with van der Waals surface area (Å²) in [5.74, 6) is 0.100. The molecule has 2 rings (SSSR count). The molecule has 1 atom stereocenters. The number of carbonyl (C=O) groups is 1. The van der Waals surface area contributed by atoms with E-state index in [1.807, 2.05) is 12.2 Å². The van der Waals surface area contributed by atoms with Gasteiger partial charge in [0.2, 0.25) is 0 Å². The van der Waals surface area contributed by atoms with Gasteiger partial charge in [-0.15, -0.1) is 0 Å². The van der Waals surface area contributed by atoms with Gasteiger partial charge in [0.05, 0.1) is 6.10 Å². The molecule has 0 radical (unpaired) electrons. The van der Waals surface area contributed by atoms with Crippen molar-refractivity contribution >= 4 is 5.78 Å². The van der Waals surface area contributed by atoms with E-state index in [9.17, 15) is 9.90 Å².